The van der Waals surface area contributed by atoms with Crippen LogP contribution in [-0.2, 0) is 9.59 Å². The first-order valence-corrected chi connectivity index (χ1v) is 8.24. The van der Waals surface area contributed by atoms with E-state index in [1.54, 1.807) is 24.3 Å². The Morgan fingerprint density at radius 2 is 1.92 bits per heavy atom. The summed E-state index contributed by atoms with van der Waals surface area (Å²) in [6, 6.07) is 13.9. The summed E-state index contributed by atoms with van der Waals surface area (Å²) >= 11 is 1.06. The molecule has 0 aliphatic heterocycles. The summed E-state index contributed by atoms with van der Waals surface area (Å²) in [4.78, 5) is 23.7. The first-order valence-electron chi connectivity index (χ1n) is 7.25. The molecule has 2 aromatic rings. The molecule has 0 atom stereocenters. The lowest BCUT2D eigenvalue weighted by Crippen LogP contribution is -2.41. The maximum Gasteiger partial charge on any atom is 0.262 e. The third-order valence-electron chi connectivity index (χ3n) is 2.99. The number of carbonyl (C=O) groups excluding carboxylic acids is 2. The molecule has 6 heteroatoms. The molecule has 0 fully saturated rings. The highest BCUT2D eigenvalue weighted by molar-refractivity contribution is 8.00. The van der Waals surface area contributed by atoms with E-state index in [2.05, 4.69) is 10.9 Å². The Bertz CT molecular complexity index is 762. The van der Waals surface area contributed by atoms with Crippen LogP contribution in [0.25, 0.3) is 6.08 Å². The summed E-state index contributed by atoms with van der Waals surface area (Å²) in [6.45, 7) is 1.96. The van der Waals surface area contributed by atoms with Crippen LogP contribution in [0.2, 0.25) is 0 Å². The van der Waals surface area contributed by atoms with Gasteiger partial charge < -0.3 is 0 Å². The molecule has 0 heterocycles. The monoisotopic (exact) mass is 344 g/mol. The maximum absolute atomic E-state index is 13.4. The number of nitrogens with one attached hydrogen (secondary N) is 2. The van der Waals surface area contributed by atoms with Crippen LogP contribution in [0.5, 0.6) is 0 Å². The second kappa shape index (κ2) is 8.88. The Morgan fingerprint density at radius 1 is 1.12 bits per heavy atom. The number of thioether (sulfide) groups is 1. The summed E-state index contributed by atoms with van der Waals surface area (Å²) < 4.78 is 13.4. The summed E-state index contributed by atoms with van der Waals surface area (Å²) in [5, 5.41) is 0. The minimum atomic E-state index is -0.444. The highest BCUT2D eigenvalue weighted by Crippen LogP contribution is 2.20. The van der Waals surface area contributed by atoms with Crippen molar-refractivity contribution >= 4 is 29.7 Å². The van der Waals surface area contributed by atoms with E-state index in [1.165, 1.54) is 12.1 Å². The van der Waals surface area contributed by atoms with Crippen molar-refractivity contribution in [2.24, 2.45) is 0 Å². The van der Waals surface area contributed by atoms with Gasteiger partial charge >= 0.3 is 0 Å². The fourth-order valence-corrected chi connectivity index (χ4v) is 2.60. The molecule has 0 aromatic heterocycles. The highest BCUT2D eigenvalue weighted by Gasteiger charge is 2.06. The van der Waals surface area contributed by atoms with Gasteiger partial charge in [0.05, 0.1) is 5.75 Å². The molecule has 4 nitrogen and oxygen atoms in total. The zero-order chi connectivity index (χ0) is 17.4. The van der Waals surface area contributed by atoms with E-state index in [4.69, 9.17) is 0 Å². The van der Waals surface area contributed by atoms with Crippen LogP contribution in [0.15, 0.2) is 59.5 Å². The third kappa shape index (κ3) is 5.89. The molecule has 2 aromatic carbocycles. The molecule has 0 saturated heterocycles. The number of hydrogen-bond acceptors (Lipinski definition) is 3. The predicted octanol–water partition coefficient (Wildman–Crippen LogP) is 3.09. The number of aryl methyl sites for hydroxylation is 1. The van der Waals surface area contributed by atoms with Crippen molar-refractivity contribution in [1.82, 2.24) is 10.9 Å². The molecule has 24 heavy (non-hydrogen) atoms. The Labute approximate surface area is 144 Å². The largest absolute Gasteiger partial charge is 0.272 e. The van der Waals surface area contributed by atoms with Crippen LogP contribution in [0.3, 0.4) is 0 Å². The topological polar surface area (TPSA) is 58.2 Å². The molecule has 0 spiro atoms. The molecule has 2 amide bonds. The molecule has 124 valence electrons. The van der Waals surface area contributed by atoms with E-state index >= 15 is 0 Å². The Balaban J connectivity index is 1.75. The van der Waals surface area contributed by atoms with Crippen molar-refractivity contribution in [3.63, 3.8) is 0 Å². The fraction of sp³-hybridized carbons (Fsp3) is 0.111. The van der Waals surface area contributed by atoms with Gasteiger partial charge in [-0.15, -0.1) is 11.8 Å². The van der Waals surface area contributed by atoms with Gasteiger partial charge in [0.25, 0.3) is 5.91 Å². The third-order valence-corrected chi connectivity index (χ3v) is 4.04. The molecule has 0 aliphatic carbocycles. The Morgan fingerprint density at radius 3 is 2.67 bits per heavy atom. The SMILES string of the molecule is Cc1cccc(/C=C/C(=O)NNC(=O)CSc2ccccc2F)c1. The van der Waals surface area contributed by atoms with Crippen molar-refractivity contribution in [2.75, 3.05) is 5.75 Å². The number of halogens is 1. The number of hydrogen-bond donors (Lipinski definition) is 2. The molecular weight excluding hydrogens is 327 g/mol. The number of benzene rings is 2. The van der Waals surface area contributed by atoms with Gasteiger partial charge in [-0.3, -0.25) is 20.4 Å². The highest BCUT2D eigenvalue weighted by atomic mass is 32.2. The summed E-state index contributed by atoms with van der Waals surface area (Å²) in [6.07, 6.45) is 2.99. The van der Waals surface area contributed by atoms with Gasteiger partial charge in [0, 0.05) is 11.0 Å². The second-order valence-corrected chi connectivity index (χ2v) is 6.02. The Kier molecular flexibility index (Phi) is 6.57. The average Bonchev–Trinajstić information content (AvgIpc) is 2.57. The van der Waals surface area contributed by atoms with Gasteiger partial charge in [-0.2, -0.15) is 0 Å². The van der Waals surface area contributed by atoms with Crippen LogP contribution in [-0.4, -0.2) is 17.6 Å². The van der Waals surface area contributed by atoms with E-state index in [9.17, 15) is 14.0 Å². The average molecular weight is 344 g/mol. The van der Waals surface area contributed by atoms with Gasteiger partial charge in [0.2, 0.25) is 5.91 Å². The van der Waals surface area contributed by atoms with Gasteiger partial charge in [-0.05, 0) is 30.7 Å². The second-order valence-electron chi connectivity index (χ2n) is 5.00. The van der Waals surface area contributed by atoms with E-state index < -0.39 is 11.8 Å². The molecule has 0 aliphatic rings. The molecule has 0 unspecified atom stereocenters. The van der Waals surface area contributed by atoms with Crippen LogP contribution < -0.4 is 10.9 Å². The van der Waals surface area contributed by atoms with Crippen molar-refractivity contribution in [1.29, 1.82) is 0 Å². The van der Waals surface area contributed by atoms with Gasteiger partial charge in [0.1, 0.15) is 5.82 Å². The predicted molar refractivity (Wildman–Crippen MR) is 93.6 cm³/mol. The molecule has 2 N–H and O–H groups in total. The standard InChI is InChI=1S/C18H17FN2O2S/c1-13-5-4-6-14(11-13)9-10-17(22)20-21-18(23)12-24-16-8-3-2-7-15(16)19/h2-11H,12H2,1H3,(H,20,22)(H,21,23)/b10-9+. The first kappa shape index (κ1) is 17.7. The van der Waals surface area contributed by atoms with Crippen LogP contribution in [0, 0.1) is 12.7 Å². The van der Waals surface area contributed by atoms with Crippen molar-refractivity contribution < 1.29 is 14.0 Å². The van der Waals surface area contributed by atoms with Crippen LogP contribution in [0.1, 0.15) is 11.1 Å². The summed E-state index contributed by atoms with van der Waals surface area (Å²) in [5.41, 5.74) is 6.56. The minimum Gasteiger partial charge on any atom is -0.272 e. The maximum atomic E-state index is 13.4. The Hall–Kier alpha value is -2.60. The van der Waals surface area contributed by atoms with E-state index in [-0.39, 0.29) is 11.6 Å². The van der Waals surface area contributed by atoms with Gasteiger partial charge in [0.15, 0.2) is 0 Å². The minimum absolute atomic E-state index is 0.00279. The van der Waals surface area contributed by atoms with Crippen molar-refractivity contribution in [3.05, 3.63) is 71.6 Å². The fourth-order valence-electron chi connectivity index (χ4n) is 1.86. The quantitative estimate of drug-likeness (QED) is 0.498. The number of amides is 2. The molecule has 2 rings (SSSR count). The lowest BCUT2D eigenvalue weighted by Gasteiger charge is -2.05. The molecular formula is C18H17FN2O2S. The van der Waals surface area contributed by atoms with E-state index in [0.717, 1.165) is 22.9 Å². The number of hydrazine groups is 1. The zero-order valence-electron chi connectivity index (χ0n) is 13.1. The lowest BCUT2D eigenvalue weighted by molar-refractivity contribution is -0.125. The van der Waals surface area contributed by atoms with Crippen molar-refractivity contribution in [2.45, 2.75) is 11.8 Å². The lowest BCUT2D eigenvalue weighted by atomic mass is 10.1. The summed E-state index contributed by atoms with van der Waals surface area (Å²) in [5.74, 6) is -1.23. The first-order chi connectivity index (χ1) is 11.5. The molecule has 0 saturated carbocycles. The number of rotatable bonds is 5. The van der Waals surface area contributed by atoms with Gasteiger partial charge in [-0.25, -0.2) is 4.39 Å². The molecule has 0 radical (unpaired) electrons. The normalized spacial score (nSPS) is 10.6. The number of carbonyl (C=O) groups is 2. The van der Waals surface area contributed by atoms with E-state index in [0.29, 0.717) is 4.90 Å². The molecule has 0 bridgehead atoms. The van der Waals surface area contributed by atoms with Crippen LogP contribution >= 0.6 is 11.8 Å². The van der Waals surface area contributed by atoms with E-state index in [1.807, 2.05) is 31.2 Å². The van der Waals surface area contributed by atoms with Gasteiger partial charge in [-0.1, -0.05) is 42.0 Å². The van der Waals surface area contributed by atoms with Crippen LogP contribution in [0.4, 0.5) is 4.39 Å². The summed E-state index contributed by atoms with van der Waals surface area (Å²) in [7, 11) is 0. The zero-order valence-corrected chi connectivity index (χ0v) is 13.9. The van der Waals surface area contributed by atoms with Crippen molar-refractivity contribution in [3.8, 4) is 0 Å². The smallest absolute Gasteiger partial charge is 0.262 e.